The number of ether oxygens (including phenoxy) is 1. The Labute approximate surface area is 60.0 Å². The van der Waals surface area contributed by atoms with Gasteiger partial charge in [-0.05, 0) is 24.0 Å². The zero-order valence-corrected chi connectivity index (χ0v) is 5.42. The largest absolute Gasteiger partial charge is 0.473 e. The van der Waals surface area contributed by atoms with Gasteiger partial charge in [-0.25, -0.2) is 0 Å². The Morgan fingerprint density at radius 3 is 3.20 bits per heavy atom. The maximum atomic E-state index is 5.03. The molecule has 0 atom stereocenters. The van der Waals surface area contributed by atoms with E-state index in [-0.39, 0.29) is 6.61 Å². The van der Waals surface area contributed by atoms with Gasteiger partial charge in [0, 0.05) is 0 Å². The average molecular weight is 130 g/mol. The minimum Gasteiger partial charge on any atom is -0.473 e. The van der Waals surface area contributed by atoms with Gasteiger partial charge >= 0.3 is 0 Å². The summed E-state index contributed by atoms with van der Waals surface area (Å²) in [6.07, 6.45) is 10.3. The zero-order chi connectivity index (χ0) is 7.23. The van der Waals surface area contributed by atoms with Crippen LogP contribution in [0.3, 0.4) is 0 Å². The normalized spacial score (nSPS) is 12.5. The highest BCUT2D eigenvalue weighted by Crippen LogP contribution is 1.99. The van der Waals surface area contributed by atoms with Crippen LogP contribution in [0.1, 0.15) is 0 Å². The third kappa shape index (κ3) is 1.73. The lowest BCUT2D eigenvalue weighted by Gasteiger charge is -1.98. The summed E-state index contributed by atoms with van der Waals surface area (Å²) in [6.45, 7) is 0.286. The summed E-state index contributed by atoms with van der Waals surface area (Å²) in [5.74, 6) is 3.00. The van der Waals surface area contributed by atoms with Crippen LogP contribution in [-0.4, -0.2) is 6.61 Å². The van der Waals surface area contributed by atoms with Crippen molar-refractivity contribution >= 4 is 0 Å². The molecule has 0 unspecified atom stereocenters. The minimum atomic E-state index is 0.286. The summed E-state index contributed by atoms with van der Waals surface area (Å²) >= 11 is 0. The van der Waals surface area contributed by atoms with Crippen molar-refractivity contribution in [2.24, 2.45) is 0 Å². The van der Waals surface area contributed by atoms with Crippen LogP contribution in [0, 0.1) is 12.3 Å². The summed E-state index contributed by atoms with van der Waals surface area (Å²) in [5, 5.41) is 0. The molecule has 0 bridgehead atoms. The molecule has 0 fully saturated rings. The number of rotatable bonds is 2. The first-order valence-corrected chi connectivity index (χ1v) is 2.88. The Hall–Kier alpha value is -1.60. The first-order chi connectivity index (χ1) is 4.93. The van der Waals surface area contributed by atoms with E-state index >= 15 is 0 Å². The smallest absolute Gasteiger partial charge is 0.171 e. The van der Waals surface area contributed by atoms with Gasteiger partial charge in [-0.1, -0.05) is 11.7 Å². The van der Waals surface area contributed by atoms with Gasteiger partial charge in [-0.15, -0.1) is 6.42 Å². The highest BCUT2D eigenvalue weighted by molar-refractivity contribution is 5.21. The van der Waals surface area contributed by atoms with E-state index in [4.69, 9.17) is 11.2 Å². The van der Waals surface area contributed by atoms with E-state index < -0.39 is 0 Å². The summed E-state index contributed by atoms with van der Waals surface area (Å²) in [4.78, 5) is 0. The molecule has 0 amide bonds. The third-order valence-corrected chi connectivity index (χ3v) is 0.934. The van der Waals surface area contributed by atoms with Crippen LogP contribution in [0.5, 0.6) is 0 Å². The third-order valence-electron chi connectivity index (χ3n) is 0.934. The molecular weight excluding hydrogens is 124 g/mol. The quantitative estimate of drug-likeness (QED) is 0.405. The van der Waals surface area contributed by atoms with Crippen molar-refractivity contribution in [3.8, 4) is 12.3 Å². The molecule has 0 N–H and O–H groups in total. The van der Waals surface area contributed by atoms with Crippen LogP contribution in [0.4, 0.5) is 0 Å². The van der Waals surface area contributed by atoms with Gasteiger partial charge in [0.25, 0.3) is 0 Å². The lowest BCUT2D eigenvalue weighted by atomic mass is 10.3. The molecule has 0 saturated carbocycles. The summed E-state index contributed by atoms with van der Waals surface area (Å²) in [5.41, 5.74) is 5.51. The van der Waals surface area contributed by atoms with E-state index in [0.717, 1.165) is 0 Å². The molecule has 1 aliphatic carbocycles. The molecule has 1 aliphatic rings. The van der Waals surface area contributed by atoms with Crippen LogP contribution in [-0.2, 0) is 4.74 Å². The predicted octanol–water partition coefficient (Wildman–Crippen LogP) is 1.40. The lowest BCUT2D eigenvalue weighted by molar-refractivity contribution is 0.268. The topological polar surface area (TPSA) is 9.23 Å². The van der Waals surface area contributed by atoms with Crippen molar-refractivity contribution in [2.75, 3.05) is 6.61 Å². The van der Waals surface area contributed by atoms with E-state index in [1.54, 1.807) is 12.2 Å². The number of terminal acetylenes is 1. The number of allylic oxidation sites excluding steroid dienone is 3. The van der Waals surface area contributed by atoms with Gasteiger partial charge < -0.3 is 4.74 Å². The van der Waals surface area contributed by atoms with Gasteiger partial charge in [0.15, 0.2) is 5.76 Å². The molecule has 0 aromatic rings. The molecule has 0 aromatic carbocycles. The second-order valence-corrected chi connectivity index (χ2v) is 1.65. The van der Waals surface area contributed by atoms with E-state index in [1.165, 1.54) is 0 Å². The maximum Gasteiger partial charge on any atom is 0.171 e. The SMILES string of the molecule is C#CCOC1=C=C=CC=C1. The van der Waals surface area contributed by atoms with Gasteiger partial charge in [-0.3, -0.25) is 0 Å². The maximum absolute atomic E-state index is 5.03. The van der Waals surface area contributed by atoms with E-state index in [2.05, 4.69) is 17.4 Å². The van der Waals surface area contributed by atoms with E-state index in [0.29, 0.717) is 5.76 Å². The fourth-order valence-corrected chi connectivity index (χ4v) is 0.542. The monoisotopic (exact) mass is 130 g/mol. The Balaban J connectivity index is 2.59. The van der Waals surface area contributed by atoms with Crippen molar-refractivity contribution in [1.82, 2.24) is 0 Å². The van der Waals surface area contributed by atoms with Crippen molar-refractivity contribution < 1.29 is 4.74 Å². The fourth-order valence-electron chi connectivity index (χ4n) is 0.542. The molecule has 0 radical (unpaired) electrons. The second kappa shape index (κ2) is 3.43. The zero-order valence-electron chi connectivity index (χ0n) is 5.42. The fraction of sp³-hybridized carbons (Fsp3) is 0.111. The Kier molecular flexibility index (Phi) is 2.24. The molecule has 0 saturated heterocycles. The highest BCUT2D eigenvalue weighted by Gasteiger charge is 1.88. The minimum absolute atomic E-state index is 0.286. The summed E-state index contributed by atoms with van der Waals surface area (Å²) in [7, 11) is 0. The standard InChI is InChI=1S/C9H6O/c1-2-8-10-9-6-4-3-5-7-9/h1,3-4,6H,8H2. The molecular formula is C9H6O. The van der Waals surface area contributed by atoms with Crippen LogP contribution >= 0.6 is 0 Å². The van der Waals surface area contributed by atoms with Gasteiger partial charge in [0.1, 0.15) is 6.61 Å². The molecule has 0 spiro atoms. The van der Waals surface area contributed by atoms with Crippen LogP contribution < -0.4 is 0 Å². The van der Waals surface area contributed by atoms with E-state index in [9.17, 15) is 0 Å². The van der Waals surface area contributed by atoms with E-state index in [1.807, 2.05) is 6.08 Å². The molecule has 1 heteroatoms. The average Bonchev–Trinajstić information content (AvgIpc) is 2.03. The highest BCUT2D eigenvalue weighted by atomic mass is 16.5. The van der Waals surface area contributed by atoms with Crippen molar-refractivity contribution in [3.63, 3.8) is 0 Å². The first-order valence-electron chi connectivity index (χ1n) is 2.88. The number of hydrogen-bond acceptors (Lipinski definition) is 1. The van der Waals surface area contributed by atoms with Crippen molar-refractivity contribution in [1.29, 1.82) is 0 Å². The molecule has 0 aromatic heterocycles. The summed E-state index contributed by atoms with van der Waals surface area (Å²) < 4.78 is 5.03. The van der Waals surface area contributed by atoms with Gasteiger partial charge in [0.2, 0.25) is 0 Å². The van der Waals surface area contributed by atoms with Gasteiger partial charge in [-0.2, -0.15) is 0 Å². The van der Waals surface area contributed by atoms with Crippen LogP contribution in [0.2, 0.25) is 0 Å². The molecule has 10 heavy (non-hydrogen) atoms. The van der Waals surface area contributed by atoms with Gasteiger partial charge in [0.05, 0.1) is 0 Å². The molecule has 1 rings (SSSR count). The van der Waals surface area contributed by atoms with Crippen LogP contribution in [0.15, 0.2) is 35.4 Å². The Bertz CT molecular complexity index is 276. The number of hydrogen-bond donors (Lipinski definition) is 0. The first kappa shape index (κ1) is 6.52. The molecule has 1 nitrogen and oxygen atoms in total. The van der Waals surface area contributed by atoms with Crippen molar-refractivity contribution in [2.45, 2.75) is 0 Å². The molecule has 0 heterocycles. The molecule has 0 aliphatic heterocycles. The second-order valence-electron chi connectivity index (χ2n) is 1.65. The summed E-state index contributed by atoms with van der Waals surface area (Å²) in [6, 6.07) is 0. The van der Waals surface area contributed by atoms with Crippen LogP contribution in [0.25, 0.3) is 0 Å². The Morgan fingerprint density at radius 1 is 1.70 bits per heavy atom. The lowest BCUT2D eigenvalue weighted by Crippen LogP contribution is -1.88. The molecule has 48 valence electrons. The Morgan fingerprint density at radius 2 is 2.60 bits per heavy atom. The van der Waals surface area contributed by atoms with Crippen molar-refractivity contribution in [3.05, 3.63) is 35.4 Å². The predicted molar refractivity (Wildman–Crippen MR) is 39.0 cm³/mol.